The summed E-state index contributed by atoms with van der Waals surface area (Å²) in [6, 6.07) is 20.2. The van der Waals surface area contributed by atoms with E-state index < -0.39 is 5.54 Å². The molecule has 8 heteroatoms. The van der Waals surface area contributed by atoms with Crippen molar-refractivity contribution in [3.8, 4) is 28.1 Å². The van der Waals surface area contributed by atoms with E-state index in [2.05, 4.69) is 28.1 Å². The molecule has 0 atom stereocenters. The summed E-state index contributed by atoms with van der Waals surface area (Å²) in [7, 11) is 3.63. The minimum Gasteiger partial charge on any atom is -0.492 e. The fraction of sp³-hybridized carbons (Fsp3) is 0.281. The number of rotatable bonds is 6. The number of ether oxygens (including phenoxy) is 1. The van der Waals surface area contributed by atoms with Crippen molar-refractivity contribution in [1.29, 1.82) is 0 Å². The summed E-state index contributed by atoms with van der Waals surface area (Å²) in [5.41, 5.74) is 4.89. The Bertz CT molecular complexity index is 1780. The SMILES string of the molecule is CN1CCN(CCOc2ccc(-c3ccc4cc(-c5cn(C)c(=O)c6[nH]ccc56)ccc4n3)cc2)C(C)(C)C1=O. The average Bonchev–Trinajstić information content (AvgIpc) is 3.45. The van der Waals surface area contributed by atoms with Gasteiger partial charge in [0.15, 0.2) is 0 Å². The summed E-state index contributed by atoms with van der Waals surface area (Å²) in [6.45, 7) is 6.74. The number of nitrogens with zero attached hydrogens (tertiary/aromatic N) is 4. The first kappa shape index (κ1) is 25.8. The molecule has 1 saturated heterocycles. The first-order valence-corrected chi connectivity index (χ1v) is 13.5. The van der Waals surface area contributed by atoms with Crippen molar-refractivity contribution < 1.29 is 9.53 Å². The second-order valence-corrected chi connectivity index (χ2v) is 11.0. The standard InChI is InChI=1S/C32H33N5O3/c1-32(2)31(39)35(3)15-16-37(32)17-18-40-24-9-5-21(6-10-24)27-12-8-23-19-22(7-11-28(23)34-27)26-20-36(4)30(38)29-25(26)13-14-33-29/h5-14,19-20,33H,15-18H2,1-4H3. The van der Waals surface area contributed by atoms with Crippen LogP contribution in [0, 0.1) is 0 Å². The van der Waals surface area contributed by atoms with Crippen molar-refractivity contribution in [1.82, 2.24) is 24.3 Å². The predicted octanol–water partition coefficient (Wildman–Crippen LogP) is 4.68. The molecule has 6 rings (SSSR count). The third-order valence-corrected chi connectivity index (χ3v) is 8.04. The third kappa shape index (κ3) is 4.54. The van der Waals surface area contributed by atoms with E-state index in [1.165, 1.54) is 0 Å². The molecule has 3 aromatic heterocycles. The molecule has 0 bridgehead atoms. The van der Waals surface area contributed by atoms with Crippen molar-refractivity contribution in [2.75, 3.05) is 33.3 Å². The highest BCUT2D eigenvalue weighted by atomic mass is 16.5. The van der Waals surface area contributed by atoms with E-state index >= 15 is 0 Å². The van der Waals surface area contributed by atoms with Crippen LogP contribution in [0.2, 0.25) is 0 Å². The van der Waals surface area contributed by atoms with Crippen LogP contribution in [0.5, 0.6) is 5.75 Å². The summed E-state index contributed by atoms with van der Waals surface area (Å²) in [4.78, 5) is 36.9. The number of amides is 1. The number of aromatic amines is 1. The van der Waals surface area contributed by atoms with Crippen LogP contribution in [-0.4, -0.2) is 69.1 Å². The Labute approximate surface area is 232 Å². The van der Waals surface area contributed by atoms with Crippen LogP contribution in [0.4, 0.5) is 0 Å². The molecule has 0 aliphatic carbocycles. The van der Waals surface area contributed by atoms with E-state index in [-0.39, 0.29) is 11.5 Å². The van der Waals surface area contributed by atoms with Gasteiger partial charge in [0, 0.05) is 68.0 Å². The van der Waals surface area contributed by atoms with Crippen LogP contribution in [-0.2, 0) is 11.8 Å². The summed E-state index contributed by atoms with van der Waals surface area (Å²) in [5, 5.41) is 1.94. The number of carbonyl (C=O) groups excluding carboxylic acids is 1. The molecule has 1 aliphatic heterocycles. The number of aromatic nitrogens is 3. The van der Waals surface area contributed by atoms with Crippen molar-refractivity contribution >= 4 is 27.7 Å². The number of benzene rings is 2. The summed E-state index contributed by atoms with van der Waals surface area (Å²) < 4.78 is 7.62. The fourth-order valence-corrected chi connectivity index (χ4v) is 5.59. The first-order chi connectivity index (χ1) is 19.2. The number of pyridine rings is 2. The highest BCUT2D eigenvalue weighted by Gasteiger charge is 2.40. The van der Waals surface area contributed by atoms with Gasteiger partial charge in [0.1, 0.15) is 17.9 Å². The van der Waals surface area contributed by atoms with Crippen molar-refractivity contribution in [3.05, 3.63) is 83.4 Å². The normalized spacial score (nSPS) is 15.7. The number of hydrogen-bond donors (Lipinski definition) is 1. The van der Waals surface area contributed by atoms with Gasteiger partial charge in [-0.15, -0.1) is 0 Å². The maximum absolute atomic E-state index is 12.5. The van der Waals surface area contributed by atoms with E-state index in [1.54, 1.807) is 22.7 Å². The number of carbonyl (C=O) groups is 1. The zero-order valence-corrected chi connectivity index (χ0v) is 23.3. The Balaban J connectivity index is 1.16. The number of aryl methyl sites for hydroxylation is 1. The molecule has 1 N–H and O–H groups in total. The molecule has 0 unspecified atom stereocenters. The van der Waals surface area contributed by atoms with Crippen LogP contribution >= 0.6 is 0 Å². The Hall–Kier alpha value is -4.43. The smallest absolute Gasteiger partial charge is 0.274 e. The maximum atomic E-state index is 12.5. The minimum absolute atomic E-state index is 0.0391. The van der Waals surface area contributed by atoms with Gasteiger partial charge in [-0.1, -0.05) is 12.1 Å². The number of fused-ring (bicyclic) bond motifs is 2. The maximum Gasteiger partial charge on any atom is 0.274 e. The number of hydrogen-bond acceptors (Lipinski definition) is 5. The number of piperazine rings is 1. The third-order valence-electron chi connectivity index (χ3n) is 8.04. The van der Waals surface area contributed by atoms with Crippen LogP contribution in [0.3, 0.4) is 0 Å². The van der Waals surface area contributed by atoms with Gasteiger partial charge < -0.3 is 19.2 Å². The molecule has 40 heavy (non-hydrogen) atoms. The highest BCUT2D eigenvalue weighted by Crippen LogP contribution is 2.30. The summed E-state index contributed by atoms with van der Waals surface area (Å²) >= 11 is 0. The Morgan fingerprint density at radius 1 is 0.950 bits per heavy atom. The lowest BCUT2D eigenvalue weighted by Crippen LogP contribution is -2.62. The zero-order chi connectivity index (χ0) is 28.0. The van der Waals surface area contributed by atoms with Gasteiger partial charge in [0.05, 0.1) is 16.7 Å². The topological polar surface area (TPSA) is 83.5 Å². The quantitative estimate of drug-likeness (QED) is 0.341. The predicted molar refractivity (Wildman–Crippen MR) is 158 cm³/mol. The van der Waals surface area contributed by atoms with Crippen molar-refractivity contribution in [2.45, 2.75) is 19.4 Å². The second kappa shape index (κ2) is 9.95. The molecule has 2 aromatic carbocycles. The molecule has 5 aromatic rings. The molecule has 1 aliphatic rings. The molecular formula is C32H33N5O3. The number of nitrogens with one attached hydrogen (secondary N) is 1. The van der Waals surface area contributed by atoms with Gasteiger partial charge in [-0.25, -0.2) is 4.98 Å². The van der Waals surface area contributed by atoms with Crippen LogP contribution in [0.15, 0.2) is 77.9 Å². The van der Waals surface area contributed by atoms with E-state index in [1.807, 2.05) is 69.6 Å². The largest absolute Gasteiger partial charge is 0.492 e. The average molecular weight is 536 g/mol. The minimum atomic E-state index is -0.517. The summed E-state index contributed by atoms with van der Waals surface area (Å²) in [5.74, 6) is 0.938. The van der Waals surface area contributed by atoms with Gasteiger partial charge in [-0.05, 0) is 67.9 Å². The Morgan fingerprint density at radius 3 is 2.52 bits per heavy atom. The van der Waals surface area contributed by atoms with Crippen molar-refractivity contribution in [3.63, 3.8) is 0 Å². The Kier molecular flexibility index (Phi) is 6.43. The fourth-order valence-electron chi connectivity index (χ4n) is 5.59. The molecule has 8 nitrogen and oxygen atoms in total. The molecule has 4 heterocycles. The van der Waals surface area contributed by atoms with E-state index in [0.29, 0.717) is 18.7 Å². The van der Waals surface area contributed by atoms with Gasteiger partial charge in [-0.3, -0.25) is 14.5 Å². The molecule has 0 saturated carbocycles. The van der Waals surface area contributed by atoms with Crippen LogP contribution in [0.25, 0.3) is 44.2 Å². The lowest BCUT2D eigenvalue weighted by Gasteiger charge is -2.44. The summed E-state index contributed by atoms with van der Waals surface area (Å²) in [6.07, 6.45) is 3.69. The highest BCUT2D eigenvalue weighted by molar-refractivity contribution is 5.97. The Morgan fingerprint density at radius 2 is 1.73 bits per heavy atom. The molecule has 1 fully saturated rings. The molecular weight excluding hydrogens is 502 g/mol. The van der Waals surface area contributed by atoms with Gasteiger partial charge in [0.2, 0.25) is 5.91 Å². The lowest BCUT2D eigenvalue weighted by molar-refractivity contribution is -0.147. The first-order valence-electron chi connectivity index (χ1n) is 13.5. The van der Waals surface area contributed by atoms with E-state index in [4.69, 9.17) is 9.72 Å². The van der Waals surface area contributed by atoms with Crippen LogP contribution < -0.4 is 10.3 Å². The number of likely N-dealkylation sites (N-methyl/N-ethyl adjacent to an activating group) is 1. The molecule has 0 radical (unpaired) electrons. The van der Waals surface area contributed by atoms with E-state index in [9.17, 15) is 9.59 Å². The second-order valence-electron chi connectivity index (χ2n) is 11.0. The molecule has 0 spiro atoms. The number of H-pyrrole nitrogens is 1. The van der Waals surface area contributed by atoms with E-state index in [0.717, 1.165) is 57.5 Å². The van der Waals surface area contributed by atoms with Crippen LogP contribution in [0.1, 0.15) is 13.8 Å². The lowest BCUT2D eigenvalue weighted by atomic mass is 9.98. The van der Waals surface area contributed by atoms with Gasteiger partial charge in [0.25, 0.3) is 5.56 Å². The monoisotopic (exact) mass is 535 g/mol. The molecule has 1 amide bonds. The zero-order valence-electron chi connectivity index (χ0n) is 23.3. The van der Waals surface area contributed by atoms with Gasteiger partial charge in [-0.2, -0.15) is 0 Å². The molecule has 204 valence electrons. The van der Waals surface area contributed by atoms with Crippen molar-refractivity contribution in [2.24, 2.45) is 7.05 Å². The van der Waals surface area contributed by atoms with Gasteiger partial charge >= 0.3 is 0 Å².